The minimum absolute atomic E-state index is 0.242. The van der Waals surface area contributed by atoms with Crippen molar-refractivity contribution in [3.8, 4) is 0 Å². The van der Waals surface area contributed by atoms with Crippen molar-refractivity contribution < 1.29 is 4.74 Å². The molecule has 0 aliphatic carbocycles. The Morgan fingerprint density at radius 1 is 1.16 bits per heavy atom. The topological polar surface area (TPSA) is 21.3 Å². The van der Waals surface area contributed by atoms with Crippen LogP contribution in [0, 0.1) is 5.92 Å². The highest BCUT2D eigenvalue weighted by Crippen LogP contribution is 2.22. The van der Waals surface area contributed by atoms with Gasteiger partial charge in [-0.05, 0) is 35.4 Å². The summed E-state index contributed by atoms with van der Waals surface area (Å²) in [4.78, 5) is 0. The average molecular weight is 263 g/mol. The maximum absolute atomic E-state index is 5.02. The molecular formula is C17H29NO. The molecule has 1 atom stereocenters. The third-order valence-electron chi connectivity index (χ3n) is 3.38. The van der Waals surface area contributed by atoms with Gasteiger partial charge < -0.3 is 10.1 Å². The average Bonchev–Trinajstić information content (AvgIpc) is 2.34. The van der Waals surface area contributed by atoms with E-state index in [-0.39, 0.29) is 5.41 Å². The van der Waals surface area contributed by atoms with E-state index in [1.807, 2.05) is 0 Å². The fourth-order valence-corrected chi connectivity index (χ4v) is 2.14. The van der Waals surface area contributed by atoms with Crippen molar-refractivity contribution in [2.75, 3.05) is 26.8 Å². The summed E-state index contributed by atoms with van der Waals surface area (Å²) in [6.07, 6.45) is 1.13. The molecule has 0 aliphatic rings. The van der Waals surface area contributed by atoms with Crippen LogP contribution in [-0.2, 0) is 16.6 Å². The molecule has 1 unspecified atom stereocenters. The van der Waals surface area contributed by atoms with Crippen LogP contribution >= 0.6 is 0 Å². The van der Waals surface area contributed by atoms with Gasteiger partial charge in [-0.2, -0.15) is 0 Å². The monoisotopic (exact) mass is 263 g/mol. The molecule has 2 heteroatoms. The second-order valence-corrected chi connectivity index (χ2v) is 6.45. The lowest BCUT2D eigenvalue weighted by molar-refractivity contribution is 0.198. The first kappa shape index (κ1) is 16.2. The summed E-state index contributed by atoms with van der Waals surface area (Å²) in [5, 5.41) is 3.42. The highest BCUT2D eigenvalue weighted by atomic mass is 16.5. The standard InChI is InChI=1S/C17H29NO/c1-14(13-18-10-11-19-5)12-15-6-8-16(9-7-15)17(2,3)4/h6-9,14,18H,10-13H2,1-5H3. The van der Waals surface area contributed by atoms with E-state index in [0.717, 1.165) is 26.1 Å². The molecule has 0 radical (unpaired) electrons. The number of hydrogen-bond acceptors (Lipinski definition) is 2. The van der Waals surface area contributed by atoms with Gasteiger partial charge in [0.05, 0.1) is 6.61 Å². The van der Waals surface area contributed by atoms with Crippen LogP contribution in [0.2, 0.25) is 0 Å². The highest BCUT2D eigenvalue weighted by Gasteiger charge is 2.13. The Labute approximate surface area is 118 Å². The summed E-state index contributed by atoms with van der Waals surface area (Å²) >= 11 is 0. The van der Waals surface area contributed by atoms with Crippen LogP contribution in [0.15, 0.2) is 24.3 Å². The van der Waals surface area contributed by atoms with Crippen LogP contribution in [0.3, 0.4) is 0 Å². The fourth-order valence-electron chi connectivity index (χ4n) is 2.14. The lowest BCUT2D eigenvalue weighted by Gasteiger charge is -2.19. The molecule has 1 aromatic carbocycles. The summed E-state index contributed by atoms with van der Waals surface area (Å²) in [5.74, 6) is 0.650. The van der Waals surface area contributed by atoms with E-state index in [4.69, 9.17) is 4.74 Å². The number of hydrogen-bond donors (Lipinski definition) is 1. The summed E-state index contributed by atoms with van der Waals surface area (Å²) in [6, 6.07) is 9.07. The molecule has 0 saturated heterocycles. The predicted molar refractivity (Wildman–Crippen MR) is 82.8 cm³/mol. The van der Waals surface area contributed by atoms with Gasteiger partial charge in [-0.15, -0.1) is 0 Å². The molecule has 0 saturated carbocycles. The van der Waals surface area contributed by atoms with Crippen molar-refractivity contribution in [2.24, 2.45) is 5.92 Å². The fraction of sp³-hybridized carbons (Fsp3) is 0.647. The van der Waals surface area contributed by atoms with Gasteiger partial charge in [-0.25, -0.2) is 0 Å². The molecule has 19 heavy (non-hydrogen) atoms. The van der Waals surface area contributed by atoms with E-state index in [9.17, 15) is 0 Å². The molecule has 1 aromatic rings. The van der Waals surface area contributed by atoms with E-state index in [2.05, 4.69) is 57.3 Å². The van der Waals surface area contributed by atoms with Crippen molar-refractivity contribution in [3.63, 3.8) is 0 Å². The Hall–Kier alpha value is -0.860. The van der Waals surface area contributed by atoms with Crippen molar-refractivity contribution in [1.29, 1.82) is 0 Å². The van der Waals surface area contributed by atoms with Gasteiger partial charge >= 0.3 is 0 Å². The van der Waals surface area contributed by atoms with Crippen LogP contribution < -0.4 is 5.32 Å². The van der Waals surface area contributed by atoms with E-state index < -0.39 is 0 Å². The van der Waals surface area contributed by atoms with Gasteiger partial charge in [0.1, 0.15) is 0 Å². The highest BCUT2D eigenvalue weighted by molar-refractivity contribution is 5.27. The first-order valence-electron chi connectivity index (χ1n) is 7.22. The SMILES string of the molecule is COCCNCC(C)Cc1ccc(C(C)(C)C)cc1. The van der Waals surface area contributed by atoms with Crippen LogP contribution in [0.4, 0.5) is 0 Å². The van der Waals surface area contributed by atoms with Crippen LogP contribution in [0.25, 0.3) is 0 Å². The molecule has 0 amide bonds. The molecule has 0 heterocycles. The molecule has 0 aromatic heterocycles. The zero-order valence-corrected chi connectivity index (χ0v) is 13.1. The van der Waals surface area contributed by atoms with Gasteiger partial charge in [0.15, 0.2) is 0 Å². The Kier molecular flexibility index (Phi) is 6.53. The number of ether oxygens (including phenoxy) is 1. The molecule has 0 spiro atoms. The molecular weight excluding hydrogens is 234 g/mol. The van der Waals surface area contributed by atoms with E-state index >= 15 is 0 Å². The van der Waals surface area contributed by atoms with Crippen LogP contribution in [0.1, 0.15) is 38.8 Å². The van der Waals surface area contributed by atoms with Gasteiger partial charge in [-0.3, -0.25) is 0 Å². The predicted octanol–water partition coefficient (Wildman–Crippen LogP) is 3.40. The van der Waals surface area contributed by atoms with Crippen molar-refractivity contribution in [1.82, 2.24) is 5.32 Å². The first-order chi connectivity index (χ1) is 8.93. The van der Waals surface area contributed by atoms with Gasteiger partial charge in [0, 0.05) is 13.7 Å². The Morgan fingerprint density at radius 3 is 2.32 bits per heavy atom. The summed E-state index contributed by atoms with van der Waals surface area (Å²) in [5.41, 5.74) is 3.07. The second-order valence-electron chi connectivity index (χ2n) is 6.45. The van der Waals surface area contributed by atoms with Crippen LogP contribution in [-0.4, -0.2) is 26.8 Å². The Bertz CT molecular complexity index is 351. The minimum Gasteiger partial charge on any atom is -0.383 e. The molecule has 1 N–H and O–H groups in total. The summed E-state index contributed by atoms with van der Waals surface area (Å²) in [7, 11) is 1.74. The molecule has 0 bridgehead atoms. The zero-order chi connectivity index (χ0) is 14.3. The molecule has 2 nitrogen and oxygen atoms in total. The third-order valence-corrected chi connectivity index (χ3v) is 3.38. The number of nitrogens with one attached hydrogen (secondary N) is 1. The van der Waals surface area contributed by atoms with E-state index in [1.54, 1.807) is 7.11 Å². The number of methoxy groups -OCH3 is 1. The third kappa shape index (κ3) is 6.22. The van der Waals surface area contributed by atoms with E-state index in [0.29, 0.717) is 5.92 Å². The Morgan fingerprint density at radius 2 is 1.79 bits per heavy atom. The minimum atomic E-state index is 0.242. The van der Waals surface area contributed by atoms with Crippen molar-refractivity contribution >= 4 is 0 Å². The largest absolute Gasteiger partial charge is 0.383 e. The quantitative estimate of drug-likeness (QED) is 0.761. The summed E-state index contributed by atoms with van der Waals surface area (Å²) in [6.45, 7) is 11.8. The zero-order valence-electron chi connectivity index (χ0n) is 13.1. The van der Waals surface area contributed by atoms with Gasteiger partial charge in [-0.1, -0.05) is 52.0 Å². The smallest absolute Gasteiger partial charge is 0.0587 e. The maximum Gasteiger partial charge on any atom is 0.0587 e. The van der Waals surface area contributed by atoms with E-state index in [1.165, 1.54) is 11.1 Å². The van der Waals surface area contributed by atoms with Crippen molar-refractivity contribution in [2.45, 2.75) is 39.5 Å². The van der Waals surface area contributed by atoms with Crippen molar-refractivity contribution in [3.05, 3.63) is 35.4 Å². The molecule has 0 fully saturated rings. The lowest BCUT2D eigenvalue weighted by atomic mass is 9.86. The summed E-state index contributed by atoms with van der Waals surface area (Å²) < 4.78 is 5.02. The molecule has 108 valence electrons. The maximum atomic E-state index is 5.02. The Balaban J connectivity index is 2.40. The normalized spacial score (nSPS) is 13.5. The number of rotatable bonds is 7. The first-order valence-corrected chi connectivity index (χ1v) is 7.22. The van der Waals surface area contributed by atoms with Crippen LogP contribution in [0.5, 0.6) is 0 Å². The molecule has 1 rings (SSSR count). The number of benzene rings is 1. The van der Waals surface area contributed by atoms with Gasteiger partial charge in [0.25, 0.3) is 0 Å². The second kappa shape index (κ2) is 7.66. The van der Waals surface area contributed by atoms with Gasteiger partial charge in [0.2, 0.25) is 0 Å². The lowest BCUT2D eigenvalue weighted by Crippen LogP contribution is -2.25. The molecule has 0 aliphatic heterocycles.